The number of amides is 2. The molecule has 0 spiro atoms. The second-order valence-corrected chi connectivity index (χ2v) is 6.22. The Kier molecular flexibility index (Phi) is 10.1. The Bertz CT molecular complexity index is 534. The molecule has 3 N–H and O–H groups in total. The third kappa shape index (κ3) is 8.31. The number of piperidine rings is 1. The van der Waals surface area contributed by atoms with E-state index in [4.69, 9.17) is 0 Å². The van der Waals surface area contributed by atoms with Crippen molar-refractivity contribution in [3.63, 3.8) is 0 Å². The molecule has 0 saturated carbocycles. The van der Waals surface area contributed by atoms with E-state index < -0.39 is 0 Å². The lowest BCUT2D eigenvalue weighted by molar-refractivity contribution is -0.121. The Hall–Kier alpha value is -1.66. The first-order valence-electron chi connectivity index (χ1n) is 8.66. The van der Waals surface area contributed by atoms with Gasteiger partial charge in [0.2, 0.25) is 5.91 Å². The molecule has 1 atom stereocenters. The summed E-state index contributed by atoms with van der Waals surface area (Å²) in [5.74, 6) is 0.0660. The van der Waals surface area contributed by atoms with Crippen molar-refractivity contribution in [2.45, 2.75) is 32.1 Å². The molecule has 25 heavy (non-hydrogen) atoms. The van der Waals surface area contributed by atoms with Crippen molar-refractivity contribution in [2.24, 2.45) is 5.92 Å². The zero-order chi connectivity index (χ0) is 17.2. The molecule has 1 aliphatic rings. The van der Waals surface area contributed by atoms with Crippen LogP contribution in [0, 0.1) is 11.7 Å². The summed E-state index contributed by atoms with van der Waals surface area (Å²) >= 11 is 0. The molecular formula is C18H27ClFN3O2. The molecule has 1 fully saturated rings. The van der Waals surface area contributed by atoms with E-state index in [0.717, 1.165) is 19.5 Å². The van der Waals surface area contributed by atoms with Crippen molar-refractivity contribution < 1.29 is 14.0 Å². The van der Waals surface area contributed by atoms with Crippen molar-refractivity contribution in [2.75, 3.05) is 26.2 Å². The number of nitrogens with one attached hydrogen (secondary N) is 3. The van der Waals surface area contributed by atoms with Crippen molar-refractivity contribution in [3.05, 3.63) is 35.6 Å². The summed E-state index contributed by atoms with van der Waals surface area (Å²) in [6.45, 7) is 3.29. The molecule has 0 radical (unpaired) electrons. The topological polar surface area (TPSA) is 70.2 Å². The Balaban J connectivity index is 0.00000312. The molecule has 5 nitrogen and oxygen atoms in total. The van der Waals surface area contributed by atoms with Gasteiger partial charge in [0.25, 0.3) is 5.91 Å². The average molecular weight is 372 g/mol. The van der Waals surface area contributed by atoms with Crippen molar-refractivity contribution >= 4 is 24.2 Å². The standard InChI is InChI=1S/C18H26FN3O2.ClH/c19-16-7-5-15(6-8-16)18(24)22-11-2-4-17(23)21-12-9-14-3-1-10-20-13-14;/h5-8,14,20H,1-4,9-13H2,(H,21,23)(H,22,24);1H. The molecule has 7 heteroatoms. The van der Waals surface area contributed by atoms with Gasteiger partial charge < -0.3 is 16.0 Å². The molecule has 0 aromatic heterocycles. The molecule has 1 aromatic rings. The quantitative estimate of drug-likeness (QED) is 0.614. The Morgan fingerprint density at radius 1 is 1.16 bits per heavy atom. The number of halogens is 2. The van der Waals surface area contributed by atoms with Gasteiger partial charge in [0.05, 0.1) is 0 Å². The van der Waals surface area contributed by atoms with Gasteiger partial charge in [-0.25, -0.2) is 4.39 Å². The van der Waals surface area contributed by atoms with Crippen LogP contribution in [0.4, 0.5) is 4.39 Å². The number of benzene rings is 1. The van der Waals surface area contributed by atoms with E-state index in [1.807, 2.05) is 0 Å². The van der Waals surface area contributed by atoms with Crippen LogP contribution in [0.5, 0.6) is 0 Å². The number of carbonyl (C=O) groups excluding carboxylic acids is 2. The minimum atomic E-state index is -0.368. The minimum absolute atomic E-state index is 0. The van der Waals surface area contributed by atoms with Crippen LogP contribution < -0.4 is 16.0 Å². The Morgan fingerprint density at radius 2 is 1.92 bits per heavy atom. The van der Waals surface area contributed by atoms with Crippen LogP contribution in [0.2, 0.25) is 0 Å². The van der Waals surface area contributed by atoms with E-state index in [9.17, 15) is 14.0 Å². The monoisotopic (exact) mass is 371 g/mol. The summed E-state index contributed by atoms with van der Waals surface area (Å²) in [4.78, 5) is 23.6. The van der Waals surface area contributed by atoms with Gasteiger partial charge in [-0.05, 0) is 69.0 Å². The number of hydrogen-bond donors (Lipinski definition) is 3. The van der Waals surface area contributed by atoms with Crippen LogP contribution in [0.25, 0.3) is 0 Å². The van der Waals surface area contributed by atoms with Crippen LogP contribution in [0.15, 0.2) is 24.3 Å². The second-order valence-electron chi connectivity index (χ2n) is 6.22. The first kappa shape index (κ1) is 21.4. The predicted octanol–water partition coefficient (Wildman–Crippen LogP) is 2.26. The number of hydrogen-bond acceptors (Lipinski definition) is 3. The van der Waals surface area contributed by atoms with E-state index >= 15 is 0 Å². The van der Waals surface area contributed by atoms with E-state index in [0.29, 0.717) is 37.4 Å². The predicted molar refractivity (Wildman–Crippen MR) is 98.4 cm³/mol. The molecule has 2 rings (SSSR count). The van der Waals surface area contributed by atoms with Crippen molar-refractivity contribution in [3.8, 4) is 0 Å². The molecule has 1 aliphatic heterocycles. The van der Waals surface area contributed by atoms with Crippen molar-refractivity contribution in [1.82, 2.24) is 16.0 Å². The molecule has 1 unspecified atom stereocenters. The summed E-state index contributed by atoms with van der Waals surface area (Å²) in [7, 11) is 0. The minimum Gasteiger partial charge on any atom is -0.356 e. The van der Waals surface area contributed by atoms with Gasteiger partial charge in [0.15, 0.2) is 0 Å². The van der Waals surface area contributed by atoms with Crippen molar-refractivity contribution in [1.29, 1.82) is 0 Å². The molecule has 140 valence electrons. The van der Waals surface area contributed by atoms with Gasteiger partial charge in [0, 0.05) is 25.1 Å². The largest absolute Gasteiger partial charge is 0.356 e. The van der Waals surface area contributed by atoms with E-state index in [1.165, 1.54) is 37.1 Å². The summed E-state index contributed by atoms with van der Waals surface area (Å²) < 4.78 is 12.8. The highest BCUT2D eigenvalue weighted by atomic mass is 35.5. The fraction of sp³-hybridized carbons (Fsp3) is 0.556. The van der Waals surface area contributed by atoms with Crippen LogP contribution in [-0.2, 0) is 4.79 Å². The lowest BCUT2D eigenvalue weighted by Crippen LogP contribution is -2.33. The molecule has 1 heterocycles. The van der Waals surface area contributed by atoms with Gasteiger partial charge >= 0.3 is 0 Å². The Labute approximate surface area is 154 Å². The van der Waals surface area contributed by atoms with Gasteiger partial charge in [0.1, 0.15) is 5.82 Å². The highest BCUT2D eigenvalue weighted by molar-refractivity contribution is 5.94. The fourth-order valence-electron chi connectivity index (χ4n) is 2.83. The summed E-state index contributed by atoms with van der Waals surface area (Å²) in [5.41, 5.74) is 0.418. The van der Waals surface area contributed by atoms with Gasteiger partial charge in [-0.1, -0.05) is 0 Å². The SMILES string of the molecule is Cl.O=C(CCCNC(=O)c1ccc(F)cc1)NCCC1CCCNC1. The number of carbonyl (C=O) groups is 2. The maximum Gasteiger partial charge on any atom is 0.251 e. The first-order valence-corrected chi connectivity index (χ1v) is 8.66. The summed E-state index contributed by atoms with van der Waals surface area (Å²) in [6, 6.07) is 5.39. The maximum atomic E-state index is 12.8. The average Bonchev–Trinajstić information content (AvgIpc) is 2.60. The van der Waals surface area contributed by atoms with Gasteiger partial charge in [-0.15, -0.1) is 12.4 Å². The lowest BCUT2D eigenvalue weighted by Gasteiger charge is -2.22. The smallest absolute Gasteiger partial charge is 0.251 e. The molecule has 0 aliphatic carbocycles. The fourth-order valence-corrected chi connectivity index (χ4v) is 2.83. The third-order valence-corrected chi connectivity index (χ3v) is 4.25. The summed E-state index contributed by atoms with van der Waals surface area (Å²) in [6.07, 6.45) is 4.45. The van der Waals surface area contributed by atoms with Crippen LogP contribution >= 0.6 is 12.4 Å². The number of rotatable bonds is 8. The highest BCUT2D eigenvalue weighted by Gasteiger charge is 2.12. The molecule has 1 aromatic carbocycles. The van der Waals surface area contributed by atoms with E-state index in [1.54, 1.807) is 0 Å². The zero-order valence-corrected chi connectivity index (χ0v) is 15.2. The molecular weight excluding hydrogens is 345 g/mol. The lowest BCUT2D eigenvalue weighted by atomic mass is 9.96. The third-order valence-electron chi connectivity index (χ3n) is 4.25. The second kappa shape index (κ2) is 11.8. The summed E-state index contributed by atoms with van der Waals surface area (Å²) in [5, 5.41) is 9.04. The molecule has 1 saturated heterocycles. The normalized spacial score (nSPS) is 16.6. The van der Waals surface area contributed by atoms with E-state index in [-0.39, 0.29) is 30.0 Å². The van der Waals surface area contributed by atoms with Crippen LogP contribution in [-0.4, -0.2) is 38.0 Å². The highest BCUT2D eigenvalue weighted by Crippen LogP contribution is 2.12. The van der Waals surface area contributed by atoms with Crippen LogP contribution in [0.1, 0.15) is 42.5 Å². The zero-order valence-electron chi connectivity index (χ0n) is 14.4. The molecule has 2 amide bonds. The Morgan fingerprint density at radius 3 is 2.60 bits per heavy atom. The van der Waals surface area contributed by atoms with Gasteiger partial charge in [-0.2, -0.15) is 0 Å². The van der Waals surface area contributed by atoms with E-state index in [2.05, 4.69) is 16.0 Å². The maximum absolute atomic E-state index is 12.8. The van der Waals surface area contributed by atoms with Gasteiger partial charge in [-0.3, -0.25) is 9.59 Å². The molecule has 0 bridgehead atoms. The van der Waals surface area contributed by atoms with Crippen LogP contribution in [0.3, 0.4) is 0 Å². The first-order chi connectivity index (χ1) is 11.6.